The van der Waals surface area contributed by atoms with Crippen molar-refractivity contribution in [3.05, 3.63) is 51.1 Å². The highest BCUT2D eigenvalue weighted by atomic mass is 32.2. The SMILES string of the molecule is COC(CO)CC[NH+]1C=CC=C(C(=O)OCCn2cnc3c2c(=O)n(C)c(=O)n3C)C1.OSC(F)(F)F. The lowest BCUT2D eigenvalue weighted by Gasteiger charge is -2.20. The maximum absolute atomic E-state index is 12.5. The van der Waals surface area contributed by atoms with Crippen LogP contribution in [0.4, 0.5) is 13.2 Å². The van der Waals surface area contributed by atoms with E-state index in [1.807, 2.05) is 12.3 Å². The van der Waals surface area contributed by atoms with Crippen LogP contribution in [0.15, 0.2) is 39.8 Å². The molecule has 2 atom stereocenters. The number of imidazole rings is 1. The van der Waals surface area contributed by atoms with Crippen LogP contribution in [-0.2, 0) is 34.9 Å². The minimum Gasteiger partial charge on any atom is -0.460 e. The number of halogens is 3. The number of methoxy groups -OCH3 is 1. The second-order valence-electron chi connectivity index (χ2n) is 7.95. The quantitative estimate of drug-likeness (QED) is 0.275. The van der Waals surface area contributed by atoms with Crippen LogP contribution in [-0.4, -0.2) is 79.3 Å². The Morgan fingerprint density at radius 3 is 2.57 bits per heavy atom. The fourth-order valence-corrected chi connectivity index (χ4v) is 3.50. The molecule has 3 N–H and O–H groups in total. The zero-order valence-corrected chi connectivity index (χ0v) is 21.2. The average molecular weight is 553 g/mol. The second kappa shape index (κ2) is 13.6. The third kappa shape index (κ3) is 8.29. The van der Waals surface area contributed by atoms with Gasteiger partial charge in [-0.05, 0) is 12.2 Å². The molecule has 16 heteroatoms. The van der Waals surface area contributed by atoms with Gasteiger partial charge in [-0.15, -0.1) is 0 Å². The Balaban J connectivity index is 0.000000717. The summed E-state index contributed by atoms with van der Waals surface area (Å²) in [4.78, 5) is 42.1. The Bertz CT molecular complexity index is 1250. The smallest absolute Gasteiger partial charge is 0.460 e. The number of nitrogens with one attached hydrogen (secondary N) is 1. The van der Waals surface area contributed by atoms with E-state index >= 15 is 0 Å². The van der Waals surface area contributed by atoms with Crippen molar-refractivity contribution in [2.24, 2.45) is 14.1 Å². The number of alkyl halides is 3. The molecule has 0 saturated carbocycles. The maximum atomic E-state index is 12.5. The highest BCUT2D eigenvalue weighted by molar-refractivity contribution is 7.94. The number of quaternary nitrogens is 1. The summed E-state index contributed by atoms with van der Waals surface area (Å²) in [7, 11) is 4.52. The number of esters is 1. The van der Waals surface area contributed by atoms with E-state index in [1.165, 1.54) is 17.9 Å². The van der Waals surface area contributed by atoms with Gasteiger partial charge >= 0.3 is 17.2 Å². The molecule has 0 bridgehead atoms. The molecule has 0 amide bonds. The van der Waals surface area contributed by atoms with Crippen LogP contribution in [0, 0.1) is 0 Å². The topological polar surface area (TPSA) is 142 Å². The molecule has 2 aromatic heterocycles. The standard InChI is InChI=1S/C20H27N5O6.CHF3OS/c1-22-17-16(18(27)23(2)20(22)29)25(13-21-17)9-10-31-19(28)14-5-4-7-24(11-14)8-6-15(12-26)30-3;2-1(3,4)6-5/h4-5,7,13,15,26H,6,8-12H2,1-3H3;5H/p+1. The molecular formula is C21H29F3N5O7S+. The molecule has 12 nitrogen and oxygen atoms in total. The van der Waals surface area contributed by atoms with Crippen molar-refractivity contribution in [2.75, 3.05) is 33.4 Å². The first-order chi connectivity index (χ1) is 17.4. The third-order valence-electron chi connectivity index (χ3n) is 5.52. The Morgan fingerprint density at radius 2 is 1.97 bits per heavy atom. The van der Waals surface area contributed by atoms with E-state index in [9.17, 15) is 32.7 Å². The van der Waals surface area contributed by atoms with Gasteiger partial charge in [-0.2, -0.15) is 13.2 Å². The molecule has 0 spiro atoms. The van der Waals surface area contributed by atoms with E-state index in [2.05, 4.69) is 4.98 Å². The van der Waals surface area contributed by atoms with Crippen LogP contribution in [0.5, 0.6) is 0 Å². The maximum Gasteiger partial charge on any atom is 0.467 e. The summed E-state index contributed by atoms with van der Waals surface area (Å²) in [5.74, 6) is -0.419. The largest absolute Gasteiger partial charge is 0.467 e. The number of nitrogens with zero attached hydrogens (tertiary/aromatic N) is 4. The van der Waals surface area contributed by atoms with E-state index in [0.29, 0.717) is 25.1 Å². The Labute approximate surface area is 213 Å². The van der Waals surface area contributed by atoms with Crippen LogP contribution in [0.1, 0.15) is 6.42 Å². The number of carbonyl (C=O) groups excluding carboxylic acids is 1. The second-order valence-corrected chi connectivity index (χ2v) is 8.60. The molecule has 3 rings (SSSR count). The Hall–Kier alpha value is -2.92. The number of hydrogen-bond donors (Lipinski definition) is 3. The lowest BCUT2D eigenvalue weighted by molar-refractivity contribution is -0.842. The van der Waals surface area contributed by atoms with Gasteiger partial charge in [0, 0.05) is 27.6 Å². The fourth-order valence-electron chi connectivity index (χ4n) is 3.50. The lowest BCUT2D eigenvalue weighted by Crippen LogP contribution is -3.08. The molecule has 3 heterocycles. The van der Waals surface area contributed by atoms with Gasteiger partial charge in [-0.25, -0.2) is 14.6 Å². The molecule has 0 fully saturated rings. The van der Waals surface area contributed by atoms with Gasteiger partial charge in [-0.3, -0.25) is 13.9 Å². The molecular weight excluding hydrogens is 523 g/mol. The van der Waals surface area contributed by atoms with Crippen LogP contribution in [0.2, 0.25) is 0 Å². The molecule has 206 valence electrons. The number of carbonyl (C=O) groups is 1. The van der Waals surface area contributed by atoms with Gasteiger partial charge in [0.05, 0.1) is 43.9 Å². The first kappa shape index (κ1) is 30.3. The highest BCUT2D eigenvalue weighted by Gasteiger charge is 2.27. The first-order valence-corrected chi connectivity index (χ1v) is 11.7. The van der Waals surface area contributed by atoms with E-state index < -0.39 is 34.8 Å². The van der Waals surface area contributed by atoms with Crippen LogP contribution in [0.3, 0.4) is 0 Å². The van der Waals surface area contributed by atoms with Gasteiger partial charge in [0.15, 0.2) is 11.2 Å². The van der Waals surface area contributed by atoms with Gasteiger partial charge < -0.3 is 28.6 Å². The number of ether oxygens (including phenoxy) is 2. The summed E-state index contributed by atoms with van der Waals surface area (Å²) < 4.78 is 53.2. The summed E-state index contributed by atoms with van der Waals surface area (Å²) in [6.45, 7) is 1.44. The molecule has 2 unspecified atom stereocenters. The average Bonchev–Trinajstić information content (AvgIpc) is 3.31. The van der Waals surface area contributed by atoms with Crippen LogP contribution >= 0.6 is 12.0 Å². The minimum atomic E-state index is -4.49. The van der Waals surface area contributed by atoms with Crippen molar-refractivity contribution in [3.63, 3.8) is 0 Å². The molecule has 0 radical (unpaired) electrons. The van der Waals surface area contributed by atoms with Crippen molar-refractivity contribution in [1.29, 1.82) is 0 Å². The number of rotatable bonds is 9. The number of allylic oxidation sites excluding steroid dienone is 2. The summed E-state index contributed by atoms with van der Waals surface area (Å²) >= 11 is -1.12. The van der Waals surface area contributed by atoms with Gasteiger partial charge in [0.25, 0.3) is 5.56 Å². The molecule has 0 aromatic carbocycles. The number of hydrogen-bond acceptors (Lipinski definition) is 9. The van der Waals surface area contributed by atoms with E-state index in [4.69, 9.17) is 14.0 Å². The van der Waals surface area contributed by atoms with Crippen LogP contribution < -0.4 is 16.1 Å². The zero-order chi connectivity index (χ0) is 27.8. The Morgan fingerprint density at radius 1 is 1.30 bits per heavy atom. The van der Waals surface area contributed by atoms with E-state index in [-0.39, 0.29) is 37.0 Å². The normalized spacial score (nSPS) is 16.2. The molecule has 1 aliphatic heterocycles. The summed E-state index contributed by atoms with van der Waals surface area (Å²) in [5.41, 5.74) is -4.26. The molecule has 2 aromatic rings. The number of aliphatic hydroxyl groups is 1. The predicted octanol–water partition coefficient (Wildman–Crippen LogP) is -0.575. The first-order valence-electron chi connectivity index (χ1n) is 11.0. The minimum absolute atomic E-state index is 0.0432. The Kier molecular flexibility index (Phi) is 11.1. The van der Waals surface area contributed by atoms with Crippen molar-refractivity contribution in [3.8, 4) is 0 Å². The molecule has 0 saturated heterocycles. The van der Waals surface area contributed by atoms with Gasteiger partial charge in [-0.1, -0.05) is 0 Å². The number of aryl methyl sites for hydroxylation is 1. The summed E-state index contributed by atoms with van der Waals surface area (Å²) in [6.07, 6.45) is 7.40. The third-order valence-corrected chi connectivity index (χ3v) is 5.73. The van der Waals surface area contributed by atoms with E-state index in [1.54, 1.807) is 24.8 Å². The zero-order valence-electron chi connectivity index (χ0n) is 20.4. The molecule has 1 aliphatic rings. The van der Waals surface area contributed by atoms with Crippen molar-refractivity contribution < 1.29 is 42.0 Å². The summed E-state index contributed by atoms with van der Waals surface area (Å²) in [6, 6.07) is 0. The number of aliphatic hydroxyl groups excluding tert-OH is 1. The van der Waals surface area contributed by atoms with Crippen molar-refractivity contribution >= 4 is 29.2 Å². The number of fused-ring (bicyclic) bond motifs is 1. The molecule has 37 heavy (non-hydrogen) atoms. The monoisotopic (exact) mass is 552 g/mol. The predicted molar refractivity (Wildman–Crippen MR) is 128 cm³/mol. The van der Waals surface area contributed by atoms with Crippen molar-refractivity contribution in [2.45, 2.75) is 24.6 Å². The fraction of sp³-hybridized carbons (Fsp3) is 0.524. The van der Waals surface area contributed by atoms with E-state index in [0.717, 1.165) is 9.47 Å². The molecule has 0 aliphatic carbocycles. The van der Waals surface area contributed by atoms with Gasteiger partial charge in [0.2, 0.25) is 0 Å². The highest BCUT2D eigenvalue weighted by Crippen LogP contribution is 2.26. The summed E-state index contributed by atoms with van der Waals surface area (Å²) in [5, 5.41) is 9.22. The number of aromatic nitrogens is 4. The lowest BCUT2D eigenvalue weighted by atomic mass is 10.1. The van der Waals surface area contributed by atoms with Crippen LogP contribution in [0.25, 0.3) is 11.2 Å². The van der Waals surface area contributed by atoms with Crippen molar-refractivity contribution in [1.82, 2.24) is 18.7 Å². The van der Waals surface area contributed by atoms with Gasteiger partial charge in [0.1, 0.15) is 25.2 Å².